The highest BCUT2D eigenvalue weighted by molar-refractivity contribution is 6.04. The summed E-state index contributed by atoms with van der Waals surface area (Å²) in [6.07, 6.45) is 1.14. The average Bonchev–Trinajstić information content (AvgIpc) is 2.75. The summed E-state index contributed by atoms with van der Waals surface area (Å²) in [5, 5.41) is 3.32. The third-order valence-corrected chi connectivity index (χ3v) is 5.88. The van der Waals surface area contributed by atoms with E-state index in [9.17, 15) is 14.4 Å². The summed E-state index contributed by atoms with van der Waals surface area (Å²) in [7, 11) is 0. The average molecular weight is 468 g/mol. The molecule has 7 heteroatoms. The van der Waals surface area contributed by atoms with Crippen LogP contribution in [0.15, 0.2) is 59.0 Å². The molecule has 0 spiro atoms. The van der Waals surface area contributed by atoms with Gasteiger partial charge in [0.15, 0.2) is 5.78 Å². The molecule has 1 atom stereocenters. The van der Waals surface area contributed by atoms with Crippen molar-refractivity contribution < 1.29 is 28.6 Å². The van der Waals surface area contributed by atoms with Crippen molar-refractivity contribution in [1.29, 1.82) is 0 Å². The second kappa shape index (κ2) is 10.3. The van der Waals surface area contributed by atoms with Gasteiger partial charge in [-0.3, -0.25) is 4.79 Å². The number of ketones is 1. The molecule has 34 heavy (non-hydrogen) atoms. The Hall–Kier alpha value is -3.35. The van der Waals surface area contributed by atoms with Crippen LogP contribution in [0.25, 0.3) is 0 Å². The van der Waals surface area contributed by atoms with Crippen LogP contribution in [0.5, 0.6) is 5.75 Å². The lowest BCUT2D eigenvalue weighted by atomic mass is 9.68. The summed E-state index contributed by atoms with van der Waals surface area (Å²) in [6, 6.07) is 7.28. The van der Waals surface area contributed by atoms with E-state index in [1.807, 2.05) is 19.1 Å². The fourth-order valence-electron chi connectivity index (χ4n) is 4.42. The lowest BCUT2D eigenvalue weighted by Gasteiger charge is -2.39. The number of allylic oxidation sites excluding steroid dienone is 3. The Labute approximate surface area is 200 Å². The first-order valence-corrected chi connectivity index (χ1v) is 11.5. The van der Waals surface area contributed by atoms with Gasteiger partial charge in [0, 0.05) is 34.9 Å². The van der Waals surface area contributed by atoms with E-state index < -0.39 is 17.9 Å². The molecule has 3 rings (SSSR count). The van der Waals surface area contributed by atoms with Crippen molar-refractivity contribution in [1.82, 2.24) is 5.32 Å². The highest BCUT2D eigenvalue weighted by Crippen LogP contribution is 2.46. The molecule has 1 aliphatic carbocycles. The number of carbonyl (C=O) groups is 3. The topological polar surface area (TPSA) is 90.9 Å². The highest BCUT2D eigenvalue weighted by Gasteiger charge is 2.43. The molecule has 1 heterocycles. The molecule has 1 aromatic rings. The van der Waals surface area contributed by atoms with E-state index in [-0.39, 0.29) is 31.0 Å². The minimum absolute atomic E-state index is 0.0395. The standard InChI is InChI=1S/C27H33NO6/c1-7-32-26(31)22-17(4)28-20-14-27(5,6)15-21(29)24(20)23(22)18-8-10-19(11-9-18)33-12-13-34-25(30)16(2)3/h8-11,23,28H,2,7,12-15H2,1,3-6H3. The summed E-state index contributed by atoms with van der Waals surface area (Å²) in [5.74, 6) is -0.765. The van der Waals surface area contributed by atoms with Crippen LogP contribution in [0.4, 0.5) is 0 Å². The molecule has 0 fully saturated rings. The van der Waals surface area contributed by atoms with Gasteiger partial charge in [-0.1, -0.05) is 32.6 Å². The number of benzene rings is 1. The number of hydrogen-bond donors (Lipinski definition) is 1. The maximum Gasteiger partial charge on any atom is 0.336 e. The number of carbonyl (C=O) groups excluding carboxylic acids is 3. The molecule has 1 unspecified atom stereocenters. The lowest BCUT2D eigenvalue weighted by Crippen LogP contribution is -2.38. The summed E-state index contributed by atoms with van der Waals surface area (Å²) in [4.78, 5) is 37.6. The van der Waals surface area contributed by atoms with Crippen molar-refractivity contribution in [2.24, 2.45) is 5.41 Å². The Morgan fingerprint density at radius 2 is 1.79 bits per heavy atom. The third-order valence-electron chi connectivity index (χ3n) is 5.88. The quantitative estimate of drug-likeness (QED) is 0.345. The second-order valence-corrected chi connectivity index (χ2v) is 9.48. The van der Waals surface area contributed by atoms with Crippen LogP contribution < -0.4 is 10.1 Å². The first kappa shape index (κ1) is 25.3. The summed E-state index contributed by atoms with van der Waals surface area (Å²) < 4.78 is 16.0. The molecular formula is C27H33NO6. The second-order valence-electron chi connectivity index (χ2n) is 9.48. The molecule has 1 aromatic carbocycles. The van der Waals surface area contributed by atoms with Crippen LogP contribution >= 0.6 is 0 Å². The lowest BCUT2D eigenvalue weighted by molar-refractivity contribution is -0.140. The normalized spacial score (nSPS) is 19.2. The Bertz CT molecular complexity index is 1060. The van der Waals surface area contributed by atoms with Gasteiger partial charge in [0.25, 0.3) is 0 Å². The van der Waals surface area contributed by atoms with Crippen molar-refractivity contribution in [2.45, 2.75) is 53.4 Å². The Morgan fingerprint density at radius 3 is 2.41 bits per heavy atom. The number of esters is 2. The first-order valence-electron chi connectivity index (χ1n) is 11.5. The summed E-state index contributed by atoms with van der Waals surface area (Å²) >= 11 is 0. The fourth-order valence-corrected chi connectivity index (χ4v) is 4.42. The van der Waals surface area contributed by atoms with Gasteiger partial charge in [-0.2, -0.15) is 0 Å². The molecule has 0 radical (unpaired) electrons. The predicted octanol–water partition coefficient (Wildman–Crippen LogP) is 4.35. The molecule has 1 aliphatic heterocycles. The van der Waals surface area contributed by atoms with E-state index >= 15 is 0 Å². The van der Waals surface area contributed by atoms with E-state index in [1.54, 1.807) is 26.0 Å². The van der Waals surface area contributed by atoms with Crippen molar-refractivity contribution in [3.05, 3.63) is 64.5 Å². The minimum Gasteiger partial charge on any atom is -0.490 e. The number of Topliss-reactive ketones (excluding diaryl/α,β-unsaturated/α-hetero) is 1. The maximum atomic E-state index is 13.3. The van der Waals surface area contributed by atoms with E-state index in [0.717, 1.165) is 17.7 Å². The predicted molar refractivity (Wildman–Crippen MR) is 128 cm³/mol. The Morgan fingerprint density at radius 1 is 1.12 bits per heavy atom. The van der Waals surface area contributed by atoms with Gasteiger partial charge in [0.05, 0.1) is 12.2 Å². The first-order chi connectivity index (χ1) is 16.0. The zero-order valence-corrected chi connectivity index (χ0v) is 20.6. The SMILES string of the molecule is C=C(C)C(=O)OCCOc1ccc(C2C(C(=O)OCC)=C(C)NC3=C2C(=O)CC(C)(C)C3)cc1. The van der Waals surface area contributed by atoms with E-state index in [4.69, 9.17) is 14.2 Å². The van der Waals surface area contributed by atoms with Crippen LogP contribution in [0, 0.1) is 5.41 Å². The van der Waals surface area contributed by atoms with Crippen LogP contribution in [0.3, 0.4) is 0 Å². The smallest absolute Gasteiger partial charge is 0.336 e. The van der Waals surface area contributed by atoms with Gasteiger partial charge in [0.1, 0.15) is 19.0 Å². The molecule has 0 aromatic heterocycles. The minimum atomic E-state index is -0.510. The largest absolute Gasteiger partial charge is 0.490 e. The van der Waals surface area contributed by atoms with Gasteiger partial charge in [-0.25, -0.2) is 9.59 Å². The number of nitrogens with one attached hydrogen (secondary N) is 1. The molecule has 0 amide bonds. The van der Waals surface area contributed by atoms with Crippen molar-refractivity contribution in [3.63, 3.8) is 0 Å². The summed E-state index contributed by atoms with van der Waals surface area (Å²) in [5.41, 5.74) is 3.65. The maximum absolute atomic E-state index is 13.3. The Kier molecular flexibility index (Phi) is 7.64. The number of rotatable bonds is 8. The van der Waals surface area contributed by atoms with Gasteiger partial charge in [-0.15, -0.1) is 0 Å². The van der Waals surface area contributed by atoms with Crippen LogP contribution in [0.2, 0.25) is 0 Å². The number of ether oxygens (including phenoxy) is 3. The zero-order chi connectivity index (χ0) is 25.0. The van der Waals surface area contributed by atoms with E-state index in [1.165, 1.54) is 0 Å². The number of dihydropyridines is 1. The van der Waals surface area contributed by atoms with E-state index in [0.29, 0.717) is 34.6 Å². The van der Waals surface area contributed by atoms with Crippen molar-refractivity contribution in [3.8, 4) is 5.75 Å². The summed E-state index contributed by atoms with van der Waals surface area (Å²) in [6.45, 7) is 13.4. The fraction of sp³-hybridized carbons (Fsp3) is 0.444. The van der Waals surface area contributed by atoms with Gasteiger partial charge in [0.2, 0.25) is 0 Å². The zero-order valence-electron chi connectivity index (χ0n) is 20.6. The Balaban J connectivity index is 1.87. The van der Waals surface area contributed by atoms with Gasteiger partial charge in [-0.05, 0) is 50.3 Å². The third kappa shape index (κ3) is 5.58. The number of hydrogen-bond acceptors (Lipinski definition) is 7. The van der Waals surface area contributed by atoms with Crippen LogP contribution in [0.1, 0.15) is 58.9 Å². The molecule has 182 valence electrons. The monoisotopic (exact) mass is 467 g/mol. The highest BCUT2D eigenvalue weighted by atomic mass is 16.6. The molecular weight excluding hydrogens is 434 g/mol. The van der Waals surface area contributed by atoms with Crippen molar-refractivity contribution in [2.75, 3.05) is 19.8 Å². The van der Waals surface area contributed by atoms with Gasteiger partial charge < -0.3 is 19.5 Å². The van der Waals surface area contributed by atoms with Crippen LogP contribution in [-0.4, -0.2) is 37.5 Å². The molecule has 0 saturated carbocycles. The van der Waals surface area contributed by atoms with Crippen LogP contribution in [-0.2, 0) is 23.9 Å². The molecule has 0 bridgehead atoms. The van der Waals surface area contributed by atoms with E-state index in [2.05, 4.69) is 25.7 Å². The molecule has 1 N–H and O–H groups in total. The van der Waals surface area contributed by atoms with Gasteiger partial charge >= 0.3 is 11.9 Å². The molecule has 2 aliphatic rings. The molecule has 0 saturated heterocycles. The van der Waals surface area contributed by atoms with Crippen molar-refractivity contribution >= 4 is 17.7 Å². The molecule has 7 nitrogen and oxygen atoms in total.